The Morgan fingerprint density at radius 2 is 1.86 bits per heavy atom. The molecule has 2 amide bonds. The number of nitrogens with one attached hydrogen (secondary N) is 2. The second-order valence-corrected chi connectivity index (χ2v) is 14.0. The fourth-order valence-electron chi connectivity index (χ4n) is 8.48. The number of aliphatic carboxylic acids is 1. The Hall–Kier alpha value is -2.51. The number of carboxylic acid groups (broad SMARTS) is 1. The summed E-state index contributed by atoms with van der Waals surface area (Å²) in [6.07, 6.45) is 15.2. The van der Waals surface area contributed by atoms with Gasteiger partial charge in [0.1, 0.15) is 11.6 Å². The Labute approximate surface area is 255 Å². The summed E-state index contributed by atoms with van der Waals surface area (Å²) in [5.74, 6) is 2.30. The van der Waals surface area contributed by atoms with Crippen molar-refractivity contribution >= 4 is 36.1 Å². The Balaban J connectivity index is 1.35. The lowest BCUT2D eigenvalue weighted by atomic mass is 9.46. The predicted molar refractivity (Wildman–Crippen MR) is 164 cm³/mol. The molecular weight excluding hydrogens is 554 g/mol. The molecular formula is C32H47N3O6S. The number of oxime groups is 1. The van der Waals surface area contributed by atoms with Crippen molar-refractivity contribution in [3.05, 3.63) is 11.6 Å². The highest BCUT2D eigenvalue weighted by molar-refractivity contribution is 7.80. The Morgan fingerprint density at radius 1 is 1.14 bits per heavy atom. The number of carboxylic acids is 1. The maximum absolute atomic E-state index is 12.7. The highest BCUT2D eigenvalue weighted by Gasteiger charge is 2.63. The summed E-state index contributed by atoms with van der Waals surface area (Å²) in [6, 6.07) is -1.48. The summed E-state index contributed by atoms with van der Waals surface area (Å²) in [5, 5.41) is 29.9. The third-order valence-corrected chi connectivity index (χ3v) is 11.4. The SMILES string of the molecule is C#C[C@@]1(O)CCC2C3CCC4=C/C(=N/OCC(=O)NC(C(=O)NC(CS)CC(=O)O)C(C)C)CC[C@]4(C)C3CC[C@@]21C. The zero-order chi connectivity index (χ0) is 30.9. The molecule has 0 aromatic heterocycles. The van der Waals surface area contributed by atoms with E-state index in [1.165, 1.54) is 5.57 Å². The first-order valence-corrected chi connectivity index (χ1v) is 15.9. The third kappa shape index (κ3) is 6.10. The number of thiol groups is 1. The van der Waals surface area contributed by atoms with Gasteiger partial charge in [0.25, 0.3) is 5.91 Å². The number of allylic oxidation sites excluding steroid dienone is 2. The molecule has 0 spiro atoms. The molecule has 0 aromatic carbocycles. The van der Waals surface area contributed by atoms with Crippen LogP contribution in [0.1, 0.15) is 85.5 Å². The van der Waals surface area contributed by atoms with Crippen molar-refractivity contribution in [3.63, 3.8) is 0 Å². The monoisotopic (exact) mass is 601 g/mol. The molecule has 3 saturated carbocycles. The maximum Gasteiger partial charge on any atom is 0.305 e. The molecule has 5 unspecified atom stereocenters. The van der Waals surface area contributed by atoms with Gasteiger partial charge in [-0.1, -0.05) is 44.3 Å². The summed E-state index contributed by atoms with van der Waals surface area (Å²) in [6.45, 7) is 7.87. The lowest BCUT2D eigenvalue weighted by Gasteiger charge is -2.58. The second-order valence-electron chi connectivity index (χ2n) is 13.6. The number of terminal acetylenes is 1. The van der Waals surface area contributed by atoms with Gasteiger partial charge in [-0.3, -0.25) is 14.4 Å². The summed E-state index contributed by atoms with van der Waals surface area (Å²) in [4.78, 5) is 41.8. The van der Waals surface area contributed by atoms with Gasteiger partial charge in [0, 0.05) is 17.2 Å². The van der Waals surface area contributed by atoms with E-state index >= 15 is 0 Å². The van der Waals surface area contributed by atoms with Crippen LogP contribution in [0.15, 0.2) is 16.8 Å². The van der Waals surface area contributed by atoms with E-state index < -0.39 is 35.5 Å². The Bertz CT molecular complexity index is 1180. The van der Waals surface area contributed by atoms with Crippen LogP contribution in [0, 0.1) is 46.8 Å². The topological polar surface area (TPSA) is 137 Å². The Kier molecular flexibility index (Phi) is 9.73. The van der Waals surface area contributed by atoms with Gasteiger partial charge in [-0.25, -0.2) is 0 Å². The molecule has 0 aromatic rings. The standard InChI is InChI=1S/C32H47N3O6S/c1-6-32(40)14-11-25-23-8-7-20-15-21(9-12-30(20,4)24(23)10-13-31(25,32)5)35-41-17-26(36)34-28(19(2)3)29(39)33-22(18-42)16-27(37)38/h1,15,19,22-25,28,40,42H,7-14,16-18H2,2-5H3,(H,33,39)(H,34,36)(H,37,38)/b35-21+/t22?,23?,24?,25?,28?,30-,31-,32+/m0/s1. The van der Waals surface area contributed by atoms with Crippen molar-refractivity contribution in [1.29, 1.82) is 0 Å². The summed E-state index contributed by atoms with van der Waals surface area (Å²) >= 11 is 4.11. The molecule has 4 rings (SSSR count). The van der Waals surface area contributed by atoms with Crippen molar-refractivity contribution in [2.45, 2.75) is 103 Å². The van der Waals surface area contributed by atoms with E-state index in [2.05, 4.69) is 54.3 Å². The number of nitrogens with zero attached hydrogens (tertiary/aromatic N) is 1. The van der Waals surface area contributed by atoms with E-state index in [4.69, 9.17) is 16.4 Å². The number of carbonyl (C=O) groups excluding carboxylic acids is 2. The van der Waals surface area contributed by atoms with Crippen molar-refractivity contribution in [2.24, 2.45) is 39.7 Å². The van der Waals surface area contributed by atoms with Crippen molar-refractivity contribution in [2.75, 3.05) is 12.4 Å². The maximum atomic E-state index is 12.7. The van der Waals surface area contributed by atoms with E-state index in [0.717, 1.165) is 50.7 Å². The minimum Gasteiger partial charge on any atom is -0.481 e. The number of hydrogen-bond donors (Lipinski definition) is 5. The normalized spacial score (nSPS) is 36.0. The molecule has 4 aliphatic rings. The van der Waals surface area contributed by atoms with Gasteiger partial charge < -0.3 is 25.7 Å². The van der Waals surface area contributed by atoms with Crippen LogP contribution in [0.3, 0.4) is 0 Å². The molecule has 9 nitrogen and oxygen atoms in total. The van der Waals surface area contributed by atoms with Crippen molar-refractivity contribution in [1.82, 2.24) is 10.6 Å². The smallest absolute Gasteiger partial charge is 0.305 e. The van der Waals surface area contributed by atoms with Crippen molar-refractivity contribution < 1.29 is 29.4 Å². The molecule has 0 bridgehead atoms. The van der Waals surface area contributed by atoms with Gasteiger partial charge in [0.05, 0.1) is 12.1 Å². The lowest BCUT2D eigenvalue weighted by Crippen LogP contribution is -2.54. The molecule has 42 heavy (non-hydrogen) atoms. The van der Waals surface area contributed by atoms with E-state index in [1.807, 2.05) is 0 Å². The van der Waals surface area contributed by atoms with E-state index in [1.54, 1.807) is 13.8 Å². The van der Waals surface area contributed by atoms with Crippen LogP contribution in [0.5, 0.6) is 0 Å². The first-order valence-electron chi connectivity index (χ1n) is 15.3. The fourth-order valence-corrected chi connectivity index (χ4v) is 8.70. The van der Waals surface area contributed by atoms with Gasteiger partial charge in [-0.2, -0.15) is 12.6 Å². The second kappa shape index (κ2) is 12.6. The number of carbonyl (C=O) groups is 3. The minimum absolute atomic E-state index is 0.0842. The first kappa shape index (κ1) is 32.4. The van der Waals surface area contributed by atoms with Gasteiger partial charge in [-0.05, 0) is 86.5 Å². The average molecular weight is 602 g/mol. The highest BCUT2D eigenvalue weighted by atomic mass is 32.1. The zero-order valence-corrected chi connectivity index (χ0v) is 26.2. The molecule has 3 fully saturated rings. The molecule has 0 saturated heterocycles. The van der Waals surface area contributed by atoms with Crippen LogP contribution in [0.2, 0.25) is 0 Å². The largest absolute Gasteiger partial charge is 0.481 e. The number of aliphatic hydroxyl groups is 1. The molecule has 10 heteroatoms. The lowest BCUT2D eigenvalue weighted by molar-refractivity contribution is -0.138. The number of rotatable bonds is 10. The number of fused-ring (bicyclic) bond motifs is 5. The molecule has 0 radical (unpaired) electrons. The third-order valence-electron chi connectivity index (χ3n) is 11.0. The number of amides is 2. The zero-order valence-electron chi connectivity index (χ0n) is 25.3. The molecule has 0 heterocycles. The molecule has 232 valence electrons. The summed E-state index contributed by atoms with van der Waals surface area (Å²) < 4.78 is 0. The van der Waals surface area contributed by atoms with Crippen LogP contribution in [-0.2, 0) is 19.2 Å². The van der Waals surface area contributed by atoms with Gasteiger partial charge in [0.15, 0.2) is 6.61 Å². The first-order chi connectivity index (χ1) is 19.8. The fraction of sp³-hybridized carbons (Fsp3) is 0.750. The van der Waals surface area contributed by atoms with Crippen LogP contribution in [-0.4, -0.2) is 63.8 Å². The van der Waals surface area contributed by atoms with Crippen LogP contribution < -0.4 is 10.6 Å². The van der Waals surface area contributed by atoms with E-state index in [0.29, 0.717) is 24.2 Å². The minimum atomic E-state index is -1.04. The highest BCUT2D eigenvalue weighted by Crippen LogP contribution is 2.67. The summed E-state index contributed by atoms with van der Waals surface area (Å²) in [7, 11) is 0. The molecule has 4 aliphatic carbocycles. The molecule has 4 N–H and O–H groups in total. The molecule has 8 atom stereocenters. The average Bonchev–Trinajstić information content (AvgIpc) is 3.21. The Morgan fingerprint density at radius 3 is 2.50 bits per heavy atom. The molecule has 0 aliphatic heterocycles. The number of hydrogen-bond acceptors (Lipinski definition) is 7. The quantitative estimate of drug-likeness (QED) is 0.147. The van der Waals surface area contributed by atoms with Crippen LogP contribution in [0.4, 0.5) is 0 Å². The van der Waals surface area contributed by atoms with Gasteiger partial charge >= 0.3 is 5.97 Å². The van der Waals surface area contributed by atoms with Gasteiger partial charge in [0.2, 0.25) is 5.91 Å². The predicted octanol–water partition coefficient (Wildman–Crippen LogP) is 3.72. The van der Waals surface area contributed by atoms with E-state index in [-0.39, 0.29) is 35.5 Å². The van der Waals surface area contributed by atoms with Crippen LogP contribution >= 0.6 is 12.6 Å². The van der Waals surface area contributed by atoms with Gasteiger partial charge in [-0.15, -0.1) is 6.42 Å². The van der Waals surface area contributed by atoms with E-state index in [9.17, 15) is 19.5 Å². The van der Waals surface area contributed by atoms with Crippen LogP contribution in [0.25, 0.3) is 0 Å². The summed E-state index contributed by atoms with van der Waals surface area (Å²) in [5.41, 5.74) is 1.09. The van der Waals surface area contributed by atoms with Crippen molar-refractivity contribution in [3.8, 4) is 12.3 Å².